The maximum absolute atomic E-state index is 12.1. The number of hydrogen-bond donors (Lipinski definition) is 0. The molecule has 1 saturated carbocycles. The van der Waals surface area contributed by atoms with Crippen molar-refractivity contribution in [1.82, 2.24) is 0 Å². The Morgan fingerprint density at radius 1 is 1.53 bits per heavy atom. The van der Waals surface area contributed by atoms with Gasteiger partial charge in [0.1, 0.15) is 5.76 Å². The van der Waals surface area contributed by atoms with Crippen LogP contribution >= 0.6 is 0 Å². The van der Waals surface area contributed by atoms with E-state index in [0.717, 1.165) is 17.8 Å². The predicted molar refractivity (Wildman–Crippen MR) is 59.3 cm³/mol. The highest BCUT2D eigenvalue weighted by atomic mass is 16.3. The molecule has 0 spiro atoms. The lowest BCUT2D eigenvalue weighted by Gasteiger charge is -2.20. The number of rotatable bonds is 1. The summed E-state index contributed by atoms with van der Waals surface area (Å²) in [6, 6.07) is 3.71. The standard InChI is InChI=1S/C13H16O2/c1-9-7-10(12(14)13(9,2)3)8-11-5-4-6-15-11/h4-6,8-9H,7H2,1-3H3/b10-8-. The summed E-state index contributed by atoms with van der Waals surface area (Å²) in [6.45, 7) is 6.16. The first-order chi connectivity index (χ1) is 7.01. The zero-order valence-electron chi connectivity index (χ0n) is 9.41. The monoisotopic (exact) mass is 204 g/mol. The number of furan rings is 1. The van der Waals surface area contributed by atoms with Gasteiger partial charge in [-0.3, -0.25) is 4.79 Å². The van der Waals surface area contributed by atoms with Crippen molar-refractivity contribution in [2.45, 2.75) is 27.2 Å². The van der Waals surface area contributed by atoms with Crippen LogP contribution in [-0.4, -0.2) is 5.78 Å². The van der Waals surface area contributed by atoms with E-state index in [9.17, 15) is 4.79 Å². The zero-order chi connectivity index (χ0) is 11.1. The highest BCUT2D eigenvalue weighted by molar-refractivity contribution is 6.05. The third kappa shape index (κ3) is 1.65. The molecule has 0 saturated heterocycles. The summed E-state index contributed by atoms with van der Waals surface area (Å²) in [5, 5.41) is 0. The van der Waals surface area contributed by atoms with E-state index in [1.807, 2.05) is 32.1 Å². The first-order valence-electron chi connectivity index (χ1n) is 5.30. The van der Waals surface area contributed by atoms with Gasteiger partial charge in [-0.25, -0.2) is 0 Å². The fourth-order valence-corrected chi connectivity index (χ4v) is 1.98. The third-order valence-corrected chi connectivity index (χ3v) is 3.49. The van der Waals surface area contributed by atoms with Gasteiger partial charge in [0.25, 0.3) is 0 Å². The van der Waals surface area contributed by atoms with E-state index in [1.165, 1.54) is 0 Å². The highest BCUT2D eigenvalue weighted by Gasteiger charge is 2.42. The second-order valence-electron chi connectivity index (χ2n) is 4.84. The summed E-state index contributed by atoms with van der Waals surface area (Å²) in [5.74, 6) is 1.43. The van der Waals surface area contributed by atoms with E-state index in [4.69, 9.17) is 4.42 Å². The van der Waals surface area contributed by atoms with Gasteiger partial charge in [0.05, 0.1) is 6.26 Å². The average Bonchev–Trinajstić information content (AvgIpc) is 2.73. The molecule has 1 unspecified atom stereocenters. The Morgan fingerprint density at radius 3 is 2.73 bits per heavy atom. The number of carbonyl (C=O) groups is 1. The maximum atomic E-state index is 12.1. The van der Waals surface area contributed by atoms with E-state index < -0.39 is 0 Å². The molecular weight excluding hydrogens is 188 g/mol. The number of carbonyl (C=O) groups excluding carboxylic acids is 1. The summed E-state index contributed by atoms with van der Waals surface area (Å²) in [6.07, 6.45) is 4.35. The van der Waals surface area contributed by atoms with E-state index >= 15 is 0 Å². The number of allylic oxidation sites excluding steroid dienone is 1. The van der Waals surface area contributed by atoms with E-state index in [0.29, 0.717) is 5.92 Å². The van der Waals surface area contributed by atoms with Crippen molar-refractivity contribution >= 4 is 11.9 Å². The van der Waals surface area contributed by atoms with Gasteiger partial charge in [-0.05, 0) is 36.1 Å². The maximum Gasteiger partial charge on any atom is 0.164 e. The fourth-order valence-electron chi connectivity index (χ4n) is 1.98. The summed E-state index contributed by atoms with van der Waals surface area (Å²) in [5.41, 5.74) is 0.667. The van der Waals surface area contributed by atoms with Gasteiger partial charge in [-0.15, -0.1) is 0 Å². The lowest BCUT2D eigenvalue weighted by Crippen LogP contribution is -2.23. The van der Waals surface area contributed by atoms with Crippen LogP contribution in [0.1, 0.15) is 33.0 Å². The molecule has 0 aromatic carbocycles. The largest absolute Gasteiger partial charge is 0.465 e. The molecule has 15 heavy (non-hydrogen) atoms. The van der Waals surface area contributed by atoms with Gasteiger partial charge in [-0.1, -0.05) is 20.8 Å². The molecule has 2 rings (SSSR count). The van der Waals surface area contributed by atoms with Crippen molar-refractivity contribution in [3.63, 3.8) is 0 Å². The van der Waals surface area contributed by atoms with Crippen LogP contribution in [0.25, 0.3) is 6.08 Å². The van der Waals surface area contributed by atoms with Crippen molar-refractivity contribution in [2.24, 2.45) is 11.3 Å². The van der Waals surface area contributed by atoms with Crippen LogP contribution in [0.4, 0.5) is 0 Å². The van der Waals surface area contributed by atoms with Gasteiger partial charge < -0.3 is 4.42 Å². The molecule has 1 atom stereocenters. The highest BCUT2D eigenvalue weighted by Crippen LogP contribution is 2.42. The van der Waals surface area contributed by atoms with Crippen LogP contribution in [0.15, 0.2) is 28.4 Å². The average molecular weight is 204 g/mol. The molecule has 0 radical (unpaired) electrons. The first kappa shape index (κ1) is 10.2. The van der Waals surface area contributed by atoms with Crippen LogP contribution in [0, 0.1) is 11.3 Å². The molecule has 1 aliphatic rings. The van der Waals surface area contributed by atoms with E-state index in [2.05, 4.69) is 6.92 Å². The molecule has 1 aliphatic carbocycles. The zero-order valence-corrected chi connectivity index (χ0v) is 9.41. The molecule has 0 aliphatic heterocycles. The third-order valence-electron chi connectivity index (χ3n) is 3.49. The molecule has 1 fully saturated rings. The Kier molecular flexibility index (Phi) is 2.29. The van der Waals surface area contributed by atoms with Crippen LogP contribution < -0.4 is 0 Å². The molecule has 80 valence electrons. The predicted octanol–water partition coefficient (Wildman–Crippen LogP) is 3.30. The molecular formula is C13H16O2. The summed E-state index contributed by atoms with van der Waals surface area (Å²) in [7, 11) is 0. The molecule has 1 aromatic rings. The van der Waals surface area contributed by atoms with E-state index in [-0.39, 0.29) is 11.2 Å². The molecule has 2 nitrogen and oxygen atoms in total. The van der Waals surface area contributed by atoms with Gasteiger partial charge in [0, 0.05) is 5.41 Å². The smallest absolute Gasteiger partial charge is 0.164 e. The Labute approximate surface area is 90.0 Å². The Hall–Kier alpha value is -1.31. The molecule has 0 amide bonds. The summed E-state index contributed by atoms with van der Waals surface area (Å²) < 4.78 is 5.22. The van der Waals surface area contributed by atoms with Gasteiger partial charge in [0.2, 0.25) is 0 Å². The molecule has 0 bridgehead atoms. The Balaban J connectivity index is 2.31. The molecule has 0 N–H and O–H groups in total. The molecule has 1 heterocycles. The minimum absolute atomic E-state index is 0.224. The van der Waals surface area contributed by atoms with Gasteiger partial charge >= 0.3 is 0 Å². The second kappa shape index (κ2) is 3.37. The van der Waals surface area contributed by atoms with E-state index in [1.54, 1.807) is 6.26 Å². The topological polar surface area (TPSA) is 30.2 Å². The molecule has 1 aromatic heterocycles. The lowest BCUT2D eigenvalue weighted by molar-refractivity contribution is -0.122. The minimum atomic E-state index is -0.224. The molecule has 2 heteroatoms. The summed E-state index contributed by atoms with van der Waals surface area (Å²) >= 11 is 0. The van der Waals surface area contributed by atoms with Crippen LogP contribution in [0.2, 0.25) is 0 Å². The van der Waals surface area contributed by atoms with Crippen molar-refractivity contribution in [1.29, 1.82) is 0 Å². The number of Topliss-reactive ketones (excluding diaryl/α,β-unsaturated/α-hetero) is 1. The quantitative estimate of drug-likeness (QED) is 0.657. The fraction of sp³-hybridized carbons (Fsp3) is 0.462. The first-order valence-corrected chi connectivity index (χ1v) is 5.30. The van der Waals surface area contributed by atoms with Crippen LogP contribution in [0.5, 0.6) is 0 Å². The summed E-state index contributed by atoms with van der Waals surface area (Å²) in [4.78, 5) is 12.1. The number of hydrogen-bond acceptors (Lipinski definition) is 2. The van der Waals surface area contributed by atoms with Gasteiger partial charge in [-0.2, -0.15) is 0 Å². The SMILES string of the molecule is CC1C/C(=C/c2ccco2)C(=O)C1(C)C. The second-order valence-corrected chi connectivity index (χ2v) is 4.84. The van der Waals surface area contributed by atoms with Crippen molar-refractivity contribution < 1.29 is 9.21 Å². The van der Waals surface area contributed by atoms with Crippen molar-refractivity contribution in [2.75, 3.05) is 0 Å². The van der Waals surface area contributed by atoms with Crippen molar-refractivity contribution in [3.8, 4) is 0 Å². The van der Waals surface area contributed by atoms with Gasteiger partial charge in [0.15, 0.2) is 5.78 Å². The Bertz CT molecular complexity index is 396. The lowest BCUT2D eigenvalue weighted by atomic mass is 9.82. The van der Waals surface area contributed by atoms with Crippen LogP contribution in [-0.2, 0) is 4.79 Å². The van der Waals surface area contributed by atoms with Crippen molar-refractivity contribution in [3.05, 3.63) is 29.7 Å². The Morgan fingerprint density at radius 2 is 2.27 bits per heavy atom. The minimum Gasteiger partial charge on any atom is -0.465 e. The normalized spacial score (nSPS) is 27.5. The number of ketones is 1. The van der Waals surface area contributed by atoms with Crippen LogP contribution in [0.3, 0.4) is 0 Å².